The SMILES string of the molecule is CC(=O)N1CCC(Nc2ccc(C)nc2)CC1. The van der Waals surface area contributed by atoms with Crippen LogP contribution in [0, 0.1) is 6.92 Å². The Bertz CT molecular complexity index is 380. The van der Waals surface area contributed by atoms with Gasteiger partial charge in [0.05, 0.1) is 11.9 Å². The van der Waals surface area contributed by atoms with Crippen molar-refractivity contribution in [2.45, 2.75) is 32.7 Å². The highest BCUT2D eigenvalue weighted by molar-refractivity contribution is 5.73. The molecule has 1 saturated heterocycles. The van der Waals surface area contributed by atoms with E-state index in [1.165, 1.54) is 0 Å². The predicted molar refractivity (Wildman–Crippen MR) is 67.9 cm³/mol. The Morgan fingerprint density at radius 2 is 2.12 bits per heavy atom. The van der Waals surface area contributed by atoms with Gasteiger partial charge in [-0.25, -0.2) is 0 Å². The third-order valence-corrected chi connectivity index (χ3v) is 3.22. The van der Waals surface area contributed by atoms with E-state index in [0.29, 0.717) is 6.04 Å². The largest absolute Gasteiger partial charge is 0.381 e. The van der Waals surface area contributed by atoms with Crippen LogP contribution in [0.3, 0.4) is 0 Å². The molecule has 1 aromatic rings. The number of amides is 1. The van der Waals surface area contributed by atoms with Crippen LogP contribution in [0.25, 0.3) is 0 Å². The van der Waals surface area contributed by atoms with Gasteiger partial charge in [-0.2, -0.15) is 0 Å². The number of carbonyl (C=O) groups excluding carboxylic acids is 1. The summed E-state index contributed by atoms with van der Waals surface area (Å²) in [5.41, 5.74) is 2.10. The average Bonchev–Trinajstić information content (AvgIpc) is 2.33. The van der Waals surface area contributed by atoms with E-state index >= 15 is 0 Å². The third kappa shape index (κ3) is 3.19. The molecule has 0 unspecified atom stereocenters. The smallest absolute Gasteiger partial charge is 0.219 e. The first kappa shape index (κ1) is 11.9. The molecule has 4 heteroatoms. The number of hydrogen-bond acceptors (Lipinski definition) is 3. The van der Waals surface area contributed by atoms with E-state index in [4.69, 9.17) is 0 Å². The lowest BCUT2D eigenvalue weighted by atomic mass is 10.0. The average molecular weight is 233 g/mol. The number of carbonyl (C=O) groups is 1. The van der Waals surface area contributed by atoms with E-state index in [2.05, 4.69) is 16.4 Å². The van der Waals surface area contributed by atoms with Crippen molar-refractivity contribution < 1.29 is 4.79 Å². The zero-order chi connectivity index (χ0) is 12.3. The third-order valence-electron chi connectivity index (χ3n) is 3.22. The highest BCUT2D eigenvalue weighted by Crippen LogP contribution is 2.16. The fourth-order valence-corrected chi connectivity index (χ4v) is 2.13. The van der Waals surface area contributed by atoms with Gasteiger partial charge in [0.15, 0.2) is 0 Å². The van der Waals surface area contributed by atoms with Gasteiger partial charge in [0.1, 0.15) is 0 Å². The monoisotopic (exact) mass is 233 g/mol. The Morgan fingerprint density at radius 3 is 2.65 bits per heavy atom. The molecule has 17 heavy (non-hydrogen) atoms. The van der Waals surface area contributed by atoms with E-state index in [1.807, 2.05) is 24.1 Å². The second-order valence-electron chi connectivity index (χ2n) is 4.61. The Labute approximate surface area is 102 Å². The molecule has 2 heterocycles. The number of nitrogens with one attached hydrogen (secondary N) is 1. The first-order chi connectivity index (χ1) is 8.15. The number of aryl methyl sites for hydroxylation is 1. The molecule has 0 bridgehead atoms. The van der Waals surface area contributed by atoms with Gasteiger partial charge < -0.3 is 10.2 Å². The number of rotatable bonds is 2. The molecule has 0 spiro atoms. The standard InChI is InChI=1S/C13H19N3O/c1-10-3-4-13(9-14-10)15-12-5-7-16(8-6-12)11(2)17/h3-4,9,12,15H,5-8H2,1-2H3. The molecule has 1 aromatic heterocycles. The fourth-order valence-electron chi connectivity index (χ4n) is 2.13. The quantitative estimate of drug-likeness (QED) is 0.847. The van der Waals surface area contributed by atoms with Crippen molar-refractivity contribution in [3.63, 3.8) is 0 Å². The van der Waals surface area contributed by atoms with Crippen LogP contribution in [0.4, 0.5) is 5.69 Å². The van der Waals surface area contributed by atoms with E-state index in [-0.39, 0.29) is 5.91 Å². The molecular weight excluding hydrogens is 214 g/mol. The van der Waals surface area contributed by atoms with Crippen molar-refractivity contribution in [3.05, 3.63) is 24.0 Å². The number of likely N-dealkylation sites (tertiary alicyclic amines) is 1. The molecule has 4 nitrogen and oxygen atoms in total. The maximum atomic E-state index is 11.2. The van der Waals surface area contributed by atoms with Crippen LogP contribution >= 0.6 is 0 Å². The number of anilines is 1. The van der Waals surface area contributed by atoms with Gasteiger partial charge in [0, 0.05) is 31.7 Å². The molecule has 1 fully saturated rings. The summed E-state index contributed by atoms with van der Waals surface area (Å²) < 4.78 is 0. The maximum absolute atomic E-state index is 11.2. The molecule has 1 aliphatic rings. The van der Waals surface area contributed by atoms with Crippen molar-refractivity contribution in [2.24, 2.45) is 0 Å². The molecule has 0 aromatic carbocycles. The summed E-state index contributed by atoms with van der Waals surface area (Å²) in [6.07, 6.45) is 3.88. The molecule has 1 amide bonds. The summed E-state index contributed by atoms with van der Waals surface area (Å²) in [4.78, 5) is 17.4. The van der Waals surface area contributed by atoms with Crippen LogP contribution in [0.15, 0.2) is 18.3 Å². The molecule has 92 valence electrons. The normalized spacial score (nSPS) is 16.9. The van der Waals surface area contributed by atoms with Crippen LogP contribution in [-0.4, -0.2) is 34.9 Å². The molecule has 1 aliphatic heterocycles. The lowest BCUT2D eigenvalue weighted by Gasteiger charge is -2.32. The Balaban J connectivity index is 1.85. The molecule has 0 saturated carbocycles. The Kier molecular flexibility index (Phi) is 3.61. The van der Waals surface area contributed by atoms with Gasteiger partial charge in [0.25, 0.3) is 0 Å². The zero-order valence-electron chi connectivity index (χ0n) is 10.4. The number of pyridine rings is 1. The van der Waals surface area contributed by atoms with Gasteiger partial charge >= 0.3 is 0 Å². The van der Waals surface area contributed by atoms with Crippen LogP contribution in [-0.2, 0) is 4.79 Å². The van der Waals surface area contributed by atoms with E-state index in [9.17, 15) is 4.79 Å². The van der Waals surface area contributed by atoms with Gasteiger partial charge in [-0.3, -0.25) is 9.78 Å². The van der Waals surface area contributed by atoms with Gasteiger partial charge in [0.2, 0.25) is 5.91 Å². The zero-order valence-corrected chi connectivity index (χ0v) is 10.4. The van der Waals surface area contributed by atoms with Crippen molar-refractivity contribution in [3.8, 4) is 0 Å². The van der Waals surface area contributed by atoms with Crippen LogP contribution in [0.1, 0.15) is 25.5 Å². The highest BCUT2D eigenvalue weighted by Gasteiger charge is 2.20. The van der Waals surface area contributed by atoms with Crippen molar-refractivity contribution in [1.82, 2.24) is 9.88 Å². The predicted octanol–water partition coefficient (Wildman–Crippen LogP) is 1.81. The lowest BCUT2D eigenvalue weighted by Crippen LogP contribution is -2.41. The molecule has 0 atom stereocenters. The van der Waals surface area contributed by atoms with Crippen LogP contribution in [0.5, 0.6) is 0 Å². The second-order valence-corrected chi connectivity index (χ2v) is 4.61. The van der Waals surface area contributed by atoms with Gasteiger partial charge in [-0.1, -0.05) is 0 Å². The molecule has 1 N–H and O–H groups in total. The topological polar surface area (TPSA) is 45.2 Å². The molecule has 0 radical (unpaired) electrons. The highest BCUT2D eigenvalue weighted by atomic mass is 16.2. The molecule has 0 aliphatic carbocycles. The number of nitrogens with zero attached hydrogens (tertiary/aromatic N) is 2. The first-order valence-electron chi connectivity index (χ1n) is 6.10. The van der Waals surface area contributed by atoms with E-state index < -0.39 is 0 Å². The van der Waals surface area contributed by atoms with Gasteiger partial charge in [-0.15, -0.1) is 0 Å². The number of hydrogen-bond donors (Lipinski definition) is 1. The summed E-state index contributed by atoms with van der Waals surface area (Å²) in [6.45, 7) is 5.32. The summed E-state index contributed by atoms with van der Waals surface area (Å²) in [6, 6.07) is 4.52. The summed E-state index contributed by atoms with van der Waals surface area (Å²) in [5.74, 6) is 0.181. The summed E-state index contributed by atoms with van der Waals surface area (Å²) in [7, 11) is 0. The minimum absolute atomic E-state index is 0.181. The van der Waals surface area contributed by atoms with E-state index in [1.54, 1.807) is 6.92 Å². The minimum atomic E-state index is 0.181. The Hall–Kier alpha value is -1.58. The fraction of sp³-hybridized carbons (Fsp3) is 0.538. The molecular formula is C13H19N3O. The van der Waals surface area contributed by atoms with Crippen molar-refractivity contribution in [2.75, 3.05) is 18.4 Å². The van der Waals surface area contributed by atoms with E-state index in [0.717, 1.165) is 37.3 Å². The van der Waals surface area contributed by atoms with Crippen LogP contribution < -0.4 is 5.32 Å². The van der Waals surface area contributed by atoms with Crippen molar-refractivity contribution in [1.29, 1.82) is 0 Å². The first-order valence-corrected chi connectivity index (χ1v) is 6.10. The minimum Gasteiger partial charge on any atom is -0.381 e. The molecule has 2 rings (SSSR count). The van der Waals surface area contributed by atoms with Crippen LogP contribution in [0.2, 0.25) is 0 Å². The second kappa shape index (κ2) is 5.17. The summed E-state index contributed by atoms with van der Waals surface area (Å²) >= 11 is 0. The maximum Gasteiger partial charge on any atom is 0.219 e. The van der Waals surface area contributed by atoms with Crippen molar-refractivity contribution >= 4 is 11.6 Å². The summed E-state index contributed by atoms with van der Waals surface area (Å²) in [5, 5.41) is 3.47. The van der Waals surface area contributed by atoms with Gasteiger partial charge in [-0.05, 0) is 31.9 Å². The number of piperidine rings is 1. The Morgan fingerprint density at radius 1 is 1.41 bits per heavy atom. The number of aromatic nitrogens is 1. The lowest BCUT2D eigenvalue weighted by molar-refractivity contribution is -0.129.